The highest BCUT2D eigenvalue weighted by Gasteiger charge is 2.16. The third-order valence-corrected chi connectivity index (χ3v) is 2.66. The van der Waals surface area contributed by atoms with Crippen LogP contribution in [-0.4, -0.2) is 31.4 Å². The van der Waals surface area contributed by atoms with Gasteiger partial charge in [-0.25, -0.2) is 0 Å². The second-order valence-corrected chi connectivity index (χ2v) is 4.11. The summed E-state index contributed by atoms with van der Waals surface area (Å²) in [6.45, 7) is 2.55. The smallest absolute Gasteiger partial charge is 0.278 e. The van der Waals surface area contributed by atoms with E-state index in [4.69, 9.17) is 0 Å². The number of benzene rings is 1. The molecule has 0 saturated heterocycles. The molecule has 1 aromatic rings. The van der Waals surface area contributed by atoms with E-state index in [1.807, 2.05) is 30.3 Å². The van der Waals surface area contributed by atoms with Gasteiger partial charge in [-0.1, -0.05) is 30.3 Å². The highest BCUT2D eigenvalue weighted by molar-refractivity contribution is 5.80. The van der Waals surface area contributed by atoms with Gasteiger partial charge in [0.05, 0.1) is 0 Å². The first kappa shape index (κ1) is 14.2. The van der Waals surface area contributed by atoms with Crippen molar-refractivity contribution in [2.75, 3.05) is 13.6 Å². The normalized spacial score (nSPS) is 11.7. The van der Waals surface area contributed by atoms with Crippen molar-refractivity contribution in [2.24, 2.45) is 0 Å². The molecule has 1 rings (SSSR count). The first-order valence-electron chi connectivity index (χ1n) is 5.99. The summed E-state index contributed by atoms with van der Waals surface area (Å²) in [6.07, 6.45) is 0. The molecule has 0 aliphatic rings. The van der Waals surface area contributed by atoms with Crippen LogP contribution in [0.1, 0.15) is 12.5 Å². The molecule has 0 heterocycles. The maximum atomic E-state index is 11.7. The van der Waals surface area contributed by atoms with Crippen LogP contribution in [0.25, 0.3) is 0 Å². The van der Waals surface area contributed by atoms with E-state index in [2.05, 4.69) is 10.6 Å². The lowest BCUT2D eigenvalue weighted by molar-refractivity contribution is -0.663. The molecule has 1 aromatic carbocycles. The van der Waals surface area contributed by atoms with E-state index in [1.54, 1.807) is 19.3 Å². The molecule has 0 aliphatic heterocycles. The highest BCUT2D eigenvalue weighted by Crippen LogP contribution is 1.96. The van der Waals surface area contributed by atoms with Crippen LogP contribution in [0, 0.1) is 0 Å². The number of carbonyl (C=O) groups is 2. The molecule has 0 bridgehead atoms. The van der Waals surface area contributed by atoms with Crippen LogP contribution in [0.5, 0.6) is 0 Å². The first-order chi connectivity index (χ1) is 8.63. The number of hydrogen-bond acceptors (Lipinski definition) is 2. The Labute approximate surface area is 107 Å². The topological polar surface area (TPSA) is 74.8 Å². The van der Waals surface area contributed by atoms with Gasteiger partial charge in [-0.15, -0.1) is 0 Å². The number of amides is 2. The minimum absolute atomic E-state index is 0.0669. The van der Waals surface area contributed by atoms with E-state index >= 15 is 0 Å². The van der Waals surface area contributed by atoms with Crippen molar-refractivity contribution >= 4 is 11.8 Å². The number of likely N-dealkylation sites (N-methyl/N-ethyl adjacent to an activating group) is 1. The van der Waals surface area contributed by atoms with E-state index in [0.29, 0.717) is 6.54 Å². The summed E-state index contributed by atoms with van der Waals surface area (Å²) in [5.74, 6) is -0.152. The molecular weight excluding hydrogens is 230 g/mol. The lowest BCUT2D eigenvalue weighted by Gasteiger charge is -2.10. The van der Waals surface area contributed by atoms with Crippen molar-refractivity contribution in [3.8, 4) is 0 Å². The number of hydrogen-bond donors (Lipinski definition) is 3. The summed E-state index contributed by atoms with van der Waals surface area (Å²) in [6, 6.07) is 9.44. The summed E-state index contributed by atoms with van der Waals surface area (Å²) in [5.41, 5.74) is 1.06. The largest absolute Gasteiger partial charge is 0.354 e. The zero-order valence-corrected chi connectivity index (χ0v) is 10.8. The minimum atomic E-state index is -0.272. The Kier molecular flexibility index (Phi) is 5.87. The van der Waals surface area contributed by atoms with Gasteiger partial charge in [0, 0.05) is 13.6 Å². The van der Waals surface area contributed by atoms with Gasteiger partial charge in [0.2, 0.25) is 0 Å². The molecule has 5 heteroatoms. The number of nitrogens with two attached hydrogens (primary N) is 1. The Balaban J connectivity index is 2.30. The Bertz CT molecular complexity index is 392. The zero-order chi connectivity index (χ0) is 13.4. The minimum Gasteiger partial charge on any atom is -0.354 e. The van der Waals surface area contributed by atoms with E-state index in [1.165, 1.54) is 0 Å². The van der Waals surface area contributed by atoms with E-state index in [9.17, 15) is 9.59 Å². The second kappa shape index (κ2) is 7.45. The first-order valence-corrected chi connectivity index (χ1v) is 5.99. The Morgan fingerprint density at radius 3 is 2.56 bits per heavy atom. The maximum Gasteiger partial charge on any atom is 0.278 e. The molecule has 0 fully saturated rings. The summed E-state index contributed by atoms with van der Waals surface area (Å²) in [5, 5.41) is 7.06. The second-order valence-electron chi connectivity index (χ2n) is 4.11. The SMILES string of the molecule is CNC(=O)C[NH2+][C@H](C)C(=O)NCc1ccccc1. The van der Waals surface area contributed by atoms with Gasteiger partial charge in [-0.3, -0.25) is 9.59 Å². The number of carbonyl (C=O) groups excluding carboxylic acids is 2. The average molecular weight is 250 g/mol. The molecule has 0 radical (unpaired) electrons. The molecule has 98 valence electrons. The molecule has 18 heavy (non-hydrogen) atoms. The Hall–Kier alpha value is -1.88. The average Bonchev–Trinajstić information content (AvgIpc) is 2.42. The van der Waals surface area contributed by atoms with Crippen LogP contribution in [-0.2, 0) is 16.1 Å². The molecule has 0 saturated carbocycles. The Morgan fingerprint density at radius 1 is 1.28 bits per heavy atom. The van der Waals surface area contributed by atoms with Crippen molar-refractivity contribution in [1.82, 2.24) is 10.6 Å². The van der Waals surface area contributed by atoms with E-state index in [0.717, 1.165) is 5.56 Å². The molecule has 0 spiro atoms. The van der Waals surface area contributed by atoms with Crippen LogP contribution >= 0.6 is 0 Å². The van der Waals surface area contributed by atoms with Gasteiger partial charge in [0.15, 0.2) is 12.6 Å². The summed E-state index contributed by atoms with van der Waals surface area (Å²) < 4.78 is 0. The molecule has 1 atom stereocenters. The van der Waals surface area contributed by atoms with Crippen molar-refractivity contribution in [2.45, 2.75) is 19.5 Å². The highest BCUT2D eigenvalue weighted by atomic mass is 16.2. The molecule has 0 aliphatic carbocycles. The summed E-state index contributed by atoms with van der Waals surface area (Å²) in [7, 11) is 1.58. The van der Waals surface area contributed by atoms with Crippen LogP contribution in [0.2, 0.25) is 0 Å². The van der Waals surface area contributed by atoms with Gasteiger partial charge >= 0.3 is 0 Å². The van der Waals surface area contributed by atoms with E-state index in [-0.39, 0.29) is 24.4 Å². The fourth-order valence-electron chi connectivity index (χ4n) is 1.44. The molecule has 4 N–H and O–H groups in total. The fraction of sp³-hybridized carbons (Fsp3) is 0.385. The predicted molar refractivity (Wildman–Crippen MR) is 68.6 cm³/mol. The zero-order valence-electron chi connectivity index (χ0n) is 10.8. The van der Waals surface area contributed by atoms with Gasteiger partial charge in [-0.05, 0) is 12.5 Å². The number of quaternary nitrogens is 1. The maximum absolute atomic E-state index is 11.7. The van der Waals surface area contributed by atoms with Gasteiger partial charge < -0.3 is 16.0 Å². The third kappa shape index (κ3) is 4.97. The number of nitrogens with one attached hydrogen (secondary N) is 2. The van der Waals surface area contributed by atoms with Crippen molar-refractivity contribution < 1.29 is 14.9 Å². The van der Waals surface area contributed by atoms with Crippen molar-refractivity contribution in [1.29, 1.82) is 0 Å². The van der Waals surface area contributed by atoms with Gasteiger partial charge in [0.1, 0.15) is 0 Å². The predicted octanol–water partition coefficient (Wildman–Crippen LogP) is -0.999. The summed E-state index contributed by atoms with van der Waals surface area (Å²) >= 11 is 0. The van der Waals surface area contributed by atoms with Crippen molar-refractivity contribution in [3.63, 3.8) is 0 Å². The standard InChI is InChI=1S/C13H19N3O2/c1-10(15-9-12(17)14-2)13(18)16-8-11-6-4-3-5-7-11/h3-7,10,15H,8-9H2,1-2H3,(H,14,17)(H,16,18)/p+1/t10-/m1/s1. The fourth-order valence-corrected chi connectivity index (χ4v) is 1.44. The third-order valence-electron chi connectivity index (χ3n) is 2.66. The van der Waals surface area contributed by atoms with Crippen LogP contribution in [0.15, 0.2) is 30.3 Å². The van der Waals surface area contributed by atoms with Gasteiger partial charge in [-0.2, -0.15) is 0 Å². The van der Waals surface area contributed by atoms with Crippen LogP contribution in [0.3, 0.4) is 0 Å². The lowest BCUT2D eigenvalue weighted by atomic mass is 10.2. The molecule has 0 aromatic heterocycles. The van der Waals surface area contributed by atoms with Gasteiger partial charge in [0.25, 0.3) is 11.8 Å². The quantitative estimate of drug-likeness (QED) is 0.606. The molecular formula is C13H20N3O2+. The number of rotatable bonds is 6. The van der Waals surface area contributed by atoms with Crippen LogP contribution < -0.4 is 16.0 Å². The molecule has 5 nitrogen and oxygen atoms in total. The molecule has 2 amide bonds. The van der Waals surface area contributed by atoms with Crippen molar-refractivity contribution in [3.05, 3.63) is 35.9 Å². The molecule has 0 unspecified atom stereocenters. The van der Waals surface area contributed by atoms with Crippen LogP contribution in [0.4, 0.5) is 0 Å². The monoisotopic (exact) mass is 250 g/mol. The van der Waals surface area contributed by atoms with E-state index < -0.39 is 0 Å². The summed E-state index contributed by atoms with van der Waals surface area (Å²) in [4.78, 5) is 22.8. The lowest BCUT2D eigenvalue weighted by Crippen LogP contribution is -2.93. The Morgan fingerprint density at radius 2 is 1.94 bits per heavy atom.